The molecule has 0 aromatic carbocycles. The second kappa shape index (κ2) is 5.69. The molecule has 0 aliphatic heterocycles. The van der Waals surface area contributed by atoms with Gasteiger partial charge in [-0.05, 0) is 24.7 Å². The molecule has 7 nitrogen and oxygen atoms in total. The molecule has 1 fully saturated rings. The van der Waals surface area contributed by atoms with Crippen molar-refractivity contribution in [3.05, 3.63) is 24.8 Å². The summed E-state index contributed by atoms with van der Waals surface area (Å²) in [5.74, 6) is 0.609. The number of nitrogens with zero attached hydrogens (tertiary/aromatic N) is 3. The van der Waals surface area contributed by atoms with Crippen molar-refractivity contribution in [3.8, 4) is 0 Å². The zero-order chi connectivity index (χ0) is 14.7. The van der Waals surface area contributed by atoms with Crippen LogP contribution in [0, 0.1) is 5.41 Å². The van der Waals surface area contributed by atoms with E-state index in [4.69, 9.17) is 4.74 Å². The van der Waals surface area contributed by atoms with Gasteiger partial charge in [-0.15, -0.1) is 0 Å². The molecule has 3 rings (SSSR count). The van der Waals surface area contributed by atoms with Crippen molar-refractivity contribution in [2.45, 2.75) is 19.3 Å². The second-order valence-corrected chi connectivity index (χ2v) is 5.53. The lowest BCUT2D eigenvalue weighted by atomic mass is 10.0. The standard InChI is InChI=1S/C14H19N5O2/c1-21-7-4-14(2-3-14)10-17-13(20)18-11-8-16-12-15-5-6-19(12)9-11/h5-6,8-9H,2-4,7,10H2,1H3,(H2,17,18,20). The molecule has 2 aromatic rings. The molecule has 21 heavy (non-hydrogen) atoms. The number of hydrogen-bond acceptors (Lipinski definition) is 4. The van der Waals surface area contributed by atoms with E-state index in [1.807, 2.05) is 0 Å². The Morgan fingerprint density at radius 2 is 2.33 bits per heavy atom. The molecule has 0 spiro atoms. The number of carbonyl (C=O) groups is 1. The van der Waals surface area contributed by atoms with Gasteiger partial charge in [-0.25, -0.2) is 14.8 Å². The summed E-state index contributed by atoms with van der Waals surface area (Å²) in [4.78, 5) is 20.1. The highest BCUT2D eigenvalue weighted by Crippen LogP contribution is 2.48. The van der Waals surface area contributed by atoms with Crippen molar-refractivity contribution in [1.29, 1.82) is 0 Å². The van der Waals surface area contributed by atoms with E-state index in [0.29, 0.717) is 18.0 Å². The molecule has 2 amide bonds. The van der Waals surface area contributed by atoms with E-state index in [1.54, 1.807) is 36.3 Å². The van der Waals surface area contributed by atoms with E-state index in [0.717, 1.165) is 25.9 Å². The van der Waals surface area contributed by atoms with E-state index in [9.17, 15) is 4.79 Å². The summed E-state index contributed by atoms with van der Waals surface area (Å²) < 4.78 is 6.87. The summed E-state index contributed by atoms with van der Waals surface area (Å²) in [6.07, 6.45) is 10.1. The van der Waals surface area contributed by atoms with Crippen molar-refractivity contribution in [2.24, 2.45) is 5.41 Å². The highest BCUT2D eigenvalue weighted by atomic mass is 16.5. The largest absolute Gasteiger partial charge is 0.385 e. The van der Waals surface area contributed by atoms with Crippen LogP contribution in [0.2, 0.25) is 0 Å². The lowest BCUT2D eigenvalue weighted by Crippen LogP contribution is -2.34. The summed E-state index contributed by atoms with van der Waals surface area (Å²) in [5, 5.41) is 5.71. The molecule has 0 saturated heterocycles. The van der Waals surface area contributed by atoms with Gasteiger partial charge in [-0.3, -0.25) is 4.40 Å². The first-order valence-electron chi connectivity index (χ1n) is 7.03. The van der Waals surface area contributed by atoms with Crippen molar-refractivity contribution < 1.29 is 9.53 Å². The summed E-state index contributed by atoms with van der Waals surface area (Å²) in [6.45, 7) is 1.42. The second-order valence-electron chi connectivity index (χ2n) is 5.53. The van der Waals surface area contributed by atoms with Gasteiger partial charge in [0.25, 0.3) is 0 Å². The molecule has 0 bridgehead atoms. The Kier molecular flexibility index (Phi) is 3.74. The normalized spacial score (nSPS) is 15.9. The van der Waals surface area contributed by atoms with Crippen LogP contribution in [0.1, 0.15) is 19.3 Å². The van der Waals surface area contributed by atoms with Gasteiger partial charge in [-0.1, -0.05) is 0 Å². The Balaban J connectivity index is 1.52. The molecule has 0 radical (unpaired) electrons. The van der Waals surface area contributed by atoms with Crippen LogP contribution in [-0.2, 0) is 4.74 Å². The van der Waals surface area contributed by atoms with E-state index >= 15 is 0 Å². The first-order valence-corrected chi connectivity index (χ1v) is 7.03. The maximum atomic E-state index is 11.9. The van der Waals surface area contributed by atoms with Gasteiger partial charge in [-0.2, -0.15) is 0 Å². The molecule has 1 aliphatic carbocycles. The number of rotatable bonds is 6. The number of hydrogen-bond donors (Lipinski definition) is 2. The summed E-state index contributed by atoms with van der Waals surface area (Å²) in [7, 11) is 1.70. The number of ether oxygens (including phenoxy) is 1. The van der Waals surface area contributed by atoms with Crippen LogP contribution in [0.25, 0.3) is 5.78 Å². The first-order chi connectivity index (χ1) is 10.2. The van der Waals surface area contributed by atoms with Gasteiger partial charge in [0.1, 0.15) is 0 Å². The zero-order valence-corrected chi connectivity index (χ0v) is 12.0. The van der Waals surface area contributed by atoms with E-state index in [2.05, 4.69) is 20.6 Å². The highest BCUT2D eigenvalue weighted by molar-refractivity contribution is 5.88. The maximum absolute atomic E-state index is 11.9. The number of aromatic nitrogens is 3. The van der Waals surface area contributed by atoms with Crippen molar-refractivity contribution in [1.82, 2.24) is 19.7 Å². The van der Waals surface area contributed by atoms with Crippen LogP contribution in [0.5, 0.6) is 0 Å². The first kappa shape index (κ1) is 13.8. The van der Waals surface area contributed by atoms with E-state index in [1.165, 1.54) is 0 Å². The monoisotopic (exact) mass is 289 g/mol. The molecular weight excluding hydrogens is 270 g/mol. The van der Waals surface area contributed by atoms with Crippen LogP contribution < -0.4 is 10.6 Å². The molecule has 0 unspecified atom stereocenters. The third-order valence-corrected chi connectivity index (χ3v) is 3.92. The van der Waals surface area contributed by atoms with Crippen molar-refractivity contribution in [2.75, 3.05) is 25.6 Å². The van der Waals surface area contributed by atoms with Gasteiger partial charge < -0.3 is 15.4 Å². The maximum Gasteiger partial charge on any atom is 0.319 e. The van der Waals surface area contributed by atoms with E-state index in [-0.39, 0.29) is 11.4 Å². The average molecular weight is 289 g/mol. The highest BCUT2D eigenvalue weighted by Gasteiger charge is 2.42. The Labute approximate surface area is 122 Å². The number of amides is 2. The van der Waals surface area contributed by atoms with Gasteiger partial charge in [0.15, 0.2) is 0 Å². The lowest BCUT2D eigenvalue weighted by Gasteiger charge is -2.15. The molecule has 2 N–H and O–H groups in total. The minimum absolute atomic E-state index is 0.208. The minimum Gasteiger partial charge on any atom is -0.385 e. The summed E-state index contributed by atoms with van der Waals surface area (Å²) in [5.41, 5.74) is 0.875. The number of anilines is 1. The van der Waals surface area contributed by atoms with Gasteiger partial charge in [0.05, 0.1) is 11.9 Å². The molecule has 1 saturated carbocycles. The summed E-state index contributed by atoms with van der Waals surface area (Å²) in [6, 6.07) is -0.208. The molecule has 2 heterocycles. The molecule has 1 aliphatic rings. The third kappa shape index (κ3) is 3.30. The fourth-order valence-electron chi connectivity index (χ4n) is 2.33. The number of carbonyl (C=O) groups excluding carboxylic acids is 1. The predicted molar refractivity (Wildman–Crippen MR) is 78.2 cm³/mol. The topological polar surface area (TPSA) is 80.5 Å². The number of imidazole rings is 1. The van der Waals surface area contributed by atoms with Gasteiger partial charge >= 0.3 is 6.03 Å². The van der Waals surface area contributed by atoms with Crippen LogP contribution in [-0.4, -0.2) is 40.7 Å². The number of fused-ring (bicyclic) bond motifs is 1. The average Bonchev–Trinajstić information content (AvgIpc) is 3.11. The number of methoxy groups -OCH3 is 1. The Morgan fingerprint density at radius 3 is 3.10 bits per heavy atom. The minimum atomic E-state index is -0.208. The van der Waals surface area contributed by atoms with Crippen LogP contribution in [0.15, 0.2) is 24.8 Å². The van der Waals surface area contributed by atoms with Crippen LogP contribution in [0.3, 0.4) is 0 Å². The third-order valence-electron chi connectivity index (χ3n) is 3.92. The summed E-state index contributed by atoms with van der Waals surface area (Å²) >= 11 is 0. The number of urea groups is 1. The molecule has 2 aromatic heterocycles. The Bertz CT molecular complexity index is 635. The van der Waals surface area contributed by atoms with E-state index < -0.39 is 0 Å². The fourth-order valence-corrected chi connectivity index (χ4v) is 2.33. The fraction of sp³-hybridized carbons (Fsp3) is 0.500. The lowest BCUT2D eigenvalue weighted by molar-refractivity contribution is 0.171. The number of nitrogens with one attached hydrogen (secondary N) is 2. The smallest absolute Gasteiger partial charge is 0.319 e. The van der Waals surface area contributed by atoms with Crippen molar-refractivity contribution in [3.63, 3.8) is 0 Å². The van der Waals surface area contributed by atoms with Crippen molar-refractivity contribution >= 4 is 17.5 Å². The van der Waals surface area contributed by atoms with Gasteiger partial charge in [0, 0.05) is 38.9 Å². The Hall–Kier alpha value is -2.15. The zero-order valence-electron chi connectivity index (χ0n) is 12.0. The molecular formula is C14H19N5O2. The van der Waals surface area contributed by atoms with Crippen LogP contribution >= 0.6 is 0 Å². The van der Waals surface area contributed by atoms with Crippen LogP contribution in [0.4, 0.5) is 10.5 Å². The predicted octanol–water partition coefficient (Wildman–Crippen LogP) is 1.67. The van der Waals surface area contributed by atoms with Gasteiger partial charge in [0.2, 0.25) is 5.78 Å². The molecule has 0 atom stereocenters. The SMILES string of the molecule is COCCC1(CNC(=O)Nc2cnc3nccn3c2)CC1. The molecule has 7 heteroatoms. The molecule has 112 valence electrons. The Morgan fingerprint density at radius 1 is 1.48 bits per heavy atom. The quantitative estimate of drug-likeness (QED) is 0.847.